The Morgan fingerprint density at radius 3 is 2.16 bits per heavy atom. The Kier molecular flexibility index (Phi) is 16.1. The molecule has 3 N–H and O–H groups in total. The summed E-state index contributed by atoms with van der Waals surface area (Å²) in [6.07, 6.45) is 9.96. The fourth-order valence-corrected chi connectivity index (χ4v) is 9.38. The van der Waals surface area contributed by atoms with Gasteiger partial charge in [-0.2, -0.15) is 9.97 Å². The number of nitrogens with zero attached hydrogens (tertiary/aromatic N) is 9. The molecule has 5 heterocycles. The second kappa shape index (κ2) is 22.3. The molecule has 2 aliphatic heterocycles. The van der Waals surface area contributed by atoms with Crippen LogP contribution in [0.4, 0.5) is 44.5 Å². The highest BCUT2D eigenvalue weighted by Gasteiger charge is 2.38. The predicted molar refractivity (Wildman–Crippen MR) is 265 cm³/mol. The zero-order valence-corrected chi connectivity index (χ0v) is 40.5. The average Bonchev–Trinajstić information content (AvgIpc) is 3.87. The van der Waals surface area contributed by atoms with Gasteiger partial charge in [-0.3, -0.25) is 24.3 Å². The third kappa shape index (κ3) is 10.8. The van der Waals surface area contributed by atoms with Crippen molar-refractivity contribution < 1.29 is 28.7 Å². The van der Waals surface area contributed by atoms with Gasteiger partial charge in [-0.05, 0) is 50.5 Å². The second-order valence-electron chi connectivity index (χ2n) is 15.8. The Labute approximate surface area is 408 Å². The molecule has 3 aromatic heterocycles. The van der Waals surface area contributed by atoms with Crippen LogP contribution in [0.1, 0.15) is 61.9 Å². The van der Waals surface area contributed by atoms with E-state index in [2.05, 4.69) is 49.0 Å². The van der Waals surface area contributed by atoms with Crippen molar-refractivity contribution in [2.45, 2.75) is 77.7 Å². The Bertz CT molecular complexity index is 2660. The summed E-state index contributed by atoms with van der Waals surface area (Å²) < 4.78 is 10.8. The standard InChI is InChI=1S/C27H29Cl2N7O4S.C20H23N5O2/c1-4-21(37)32-17-7-5-6-8-18(17)33-26-30-10-15-11-35(24-22(28)19(39-2)9-20(40-3)23(24)29)27(38)36(25(15)34-26)12-16-13-41-14-31-16;1-4-16(26)11-14-9-7-8-10-17(14)22-19-21-12-15-13-24(5-2)20(27)25(6-3)18(15)23-19/h4,9-10,13-14,17-18H,1,5-8,11-12H2,2-3H3,(H,32,37)(H,30,33,34);4,7-10,12H,1,5-6,11,13H2,2-3H3,(H,21,22,23)/t17-,18+;/m1./s1. The summed E-state index contributed by atoms with van der Waals surface area (Å²) in [7, 11) is 2.95. The number of fused-ring (bicyclic) bond motifs is 2. The highest BCUT2D eigenvalue weighted by Crippen LogP contribution is 2.48. The van der Waals surface area contributed by atoms with E-state index in [4.69, 9.17) is 37.7 Å². The topological polar surface area (TPSA) is 200 Å². The van der Waals surface area contributed by atoms with Crippen LogP contribution in [0, 0.1) is 0 Å². The van der Waals surface area contributed by atoms with Crippen molar-refractivity contribution in [2.75, 3.05) is 52.6 Å². The first-order valence-electron chi connectivity index (χ1n) is 22.0. The fourth-order valence-electron chi connectivity index (χ4n) is 8.12. The Morgan fingerprint density at radius 2 is 1.51 bits per heavy atom. The van der Waals surface area contributed by atoms with Gasteiger partial charge in [0.25, 0.3) is 0 Å². The number of nitrogens with one attached hydrogen (secondary N) is 3. The molecule has 0 bridgehead atoms. The van der Waals surface area contributed by atoms with Crippen LogP contribution in [0.2, 0.25) is 10.0 Å². The summed E-state index contributed by atoms with van der Waals surface area (Å²) in [5.41, 5.74) is 5.85. The lowest BCUT2D eigenvalue weighted by Gasteiger charge is -2.37. The summed E-state index contributed by atoms with van der Waals surface area (Å²) in [5.74, 6) is 2.17. The largest absolute Gasteiger partial charge is 0.495 e. The molecule has 0 unspecified atom stereocenters. The van der Waals surface area contributed by atoms with Crippen LogP contribution < -0.4 is 40.1 Å². The summed E-state index contributed by atoms with van der Waals surface area (Å²) in [5, 5.41) is 11.8. The van der Waals surface area contributed by atoms with Crippen molar-refractivity contribution in [3.8, 4) is 11.5 Å². The molecular weight excluding hydrogens is 932 g/mol. The summed E-state index contributed by atoms with van der Waals surface area (Å²) in [4.78, 5) is 79.5. The minimum absolute atomic E-state index is 0.0471. The maximum Gasteiger partial charge on any atom is 0.330 e. The van der Waals surface area contributed by atoms with Crippen LogP contribution in [0.15, 0.2) is 78.9 Å². The van der Waals surface area contributed by atoms with Gasteiger partial charge in [0.1, 0.15) is 33.2 Å². The van der Waals surface area contributed by atoms with Crippen molar-refractivity contribution in [1.29, 1.82) is 0 Å². The molecule has 356 valence electrons. The van der Waals surface area contributed by atoms with E-state index < -0.39 is 6.03 Å². The molecule has 2 aromatic carbocycles. The molecule has 8 rings (SSSR count). The zero-order chi connectivity index (χ0) is 48.5. The molecule has 5 amide bonds. The third-order valence-electron chi connectivity index (χ3n) is 11.6. The van der Waals surface area contributed by atoms with E-state index >= 15 is 0 Å². The number of halogens is 2. The molecule has 1 aliphatic carbocycles. The Balaban J connectivity index is 0.000000220. The quantitative estimate of drug-likeness (QED) is 0.0794. The molecule has 1 saturated carbocycles. The third-order valence-corrected chi connectivity index (χ3v) is 13.0. The zero-order valence-electron chi connectivity index (χ0n) is 38.1. The molecule has 1 fully saturated rings. The number of hydrogen-bond donors (Lipinski definition) is 3. The summed E-state index contributed by atoms with van der Waals surface area (Å²) >= 11 is 14.8. The van der Waals surface area contributed by atoms with Gasteiger partial charge in [-0.1, -0.05) is 67.4 Å². The van der Waals surface area contributed by atoms with Gasteiger partial charge in [0, 0.05) is 72.2 Å². The maximum atomic E-state index is 14.1. The highest BCUT2D eigenvalue weighted by molar-refractivity contribution is 7.07. The van der Waals surface area contributed by atoms with Gasteiger partial charge in [0.05, 0.1) is 50.7 Å². The number of aromatic nitrogens is 5. The van der Waals surface area contributed by atoms with Gasteiger partial charge >= 0.3 is 12.1 Å². The fraction of sp³-hybridized carbons (Fsp3) is 0.340. The molecule has 0 spiro atoms. The number of ketones is 1. The molecular formula is C47H52Cl2N12O6S. The first-order valence-corrected chi connectivity index (χ1v) is 23.6. The van der Waals surface area contributed by atoms with E-state index in [-0.39, 0.29) is 65.0 Å². The average molecular weight is 984 g/mol. The number of rotatable bonds is 16. The van der Waals surface area contributed by atoms with Crippen LogP contribution in [-0.4, -0.2) is 93.0 Å². The number of anilines is 6. The number of amides is 5. The van der Waals surface area contributed by atoms with Crippen molar-refractivity contribution in [2.24, 2.45) is 0 Å². The first kappa shape index (κ1) is 49.1. The Hall–Kier alpha value is -6.83. The second-order valence-corrected chi connectivity index (χ2v) is 17.3. The number of para-hydroxylation sites is 1. The van der Waals surface area contributed by atoms with E-state index in [1.165, 1.54) is 47.5 Å². The van der Waals surface area contributed by atoms with E-state index in [9.17, 15) is 19.2 Å². The Morgan fingerprint density at radius 1 is 0.853 bits per heavy atom. The molecule has 0 radical (unpaired) electrons. The SMILES string of the molecule is C=CC(=O)Cc1ccccc1Nc1ncc2c(n1)N(CC)C(=O)N(CC)C2.C=CC(=O)N[C@@H]1CCCC[C@@H]1Nc1ncc2c(n1)N(Cc1cscn1)C(=O)N(c1c(Cl)c(OC)cc(OC)c1Cl)C2. The number of thiazole rings is 1. The lowest BCUT2D eigenvalue weighted by molar-refractivity contribution is -0.117. The molecule has 0 saturated heterocycles. The lowest BCUT2D eigenvalue weighted by Crippen LogP contribution is -2.49. The smallest absolute Gasteiger partial charge is 0.330 e. The summed E-state index contributed by atoms with van der Waals surface area (Å²) in [6.45, 7) is 12.9. The lowest BCUT2D eigenvalue weighted by atomic mass is 9.90. The van der Waals surface area contributed by atoms with E-state index in [0.29, 0.717) is 65.9 Å². The number of urea groups is 2. The van der Waals surface area contributed by atoms with Crippen LogP contribution >= 0.6 is 34.5 Å². The minimum Gasteiger partial charge on any atom is -0.495 e. The molecule has 18 nitrogen and oxygen atoms in total. The van der Waals surface area contributed by atoms with Crippen molar-refractivity contribution >= 4 is 93.2 Å². The van der Waals surface area contributed by atoms with Crippen molar-refractivity contribution in [3.05, 3.63) is 111 Å². The van der Waals surface area contributed by atoms with Crippen LogP contribution in [0.5, 0.6) is 11.5 Å². The molecule has 3 aliphatic rings. The minimum atomic E-state index is -0.400. The van der Waals surface area contributed by atoms with E-state index in [1.54, 1.807) is 33.8 Å². The van der Waals surface area contributed by atoms with Gasteiger partial charge in [0.2, 0.25) is 17.8 Å². The number of hydrogen-bond acceptors (Lipinski definition) is 14. The molecule has 68 heavy (non-hydrogen) atoms. The number of allylic oxidation sites excluding steroid dienone is 1. The summed E-state index contributed by atoms with van der Waals surface area (Å²) in [6, 6.07) is 8.46. The van der Waals surface area contributed by atoms with Crippen molar-refractivity contribution in [3.63, 3.8) is 0 Å². The highest BCUT2D eigenvalue weighted by atomic mass is 35.5. The first-order chi connectivity index (χ1) is 32.9. The number of benzene rings is 2. The number of methoxy groups -OCH3 is 2. The van der Waals surface area contributed by atoms with Crippen LogP contribution in [0.25, 0.3) is 0 Å². The number of carbonyl (C=O) groups excluding carboxylic acids is 4. The van der Waals surface area contributed by atoms with Crippen LogP contribution in [-0.2, 0) is 35.6 Å². The van der Waals surface area contributed by atoms with Gasteiger partial charge < -0.3 is 30.3 Å². The van der Waals surface area contributed by atoms with Crippen molar-refractivity contribution in [1.82, 2.24) is 35.1 Å². The van der Waals surface area contributed by atoms with Gasteiger partial charge in [-0.15, -0.1) is 11.3 Å². The maximum absolute atomic E-state index is 14.1. The molecule has 21 heteroatoms. The van der Waals surface area contributed by atoms with Gasteiger partial charge in [0.15, 0.2) is 5.78 Å². The molecule has 2 atom stereocenters. The molecule has 5 aromatic rings. The normalized spacial score (nSPS) is 16.4. The van der Waals surface area contributed by atoms with E-state index in [0.717, 1.165) is 42.5 Å². The monoisotopic (exact) mass is 982 g/mol. The number of ether oxygens (including phenoxy) is 2. The van der Waals surface area contributed by atoms with Gasteiger partial charge in [-0.25, -0.2) is 24.5 Å². The van der Waals surface area contributed by atoms with Crippen LogP contribution in [0.3, 0.4) is 0 Å². The predicted octanol–water partition coefficient (Wildman–Crippen LogP) is 8.73. The van der Waals surface area contributed by atoms with E-state index in [1.807, 2.05) is 43.5 Å². The number of carbonyl (C=O) groups is 4.